The summed E-state index contributed by atoms with van der Waals surface area (Å²) in [4.78, 5) is 26.5. The van der Waals surface area contributed by atoms with Gasteiger partial charge in [0.05, 0.1) is 62.5 Å². The van der Waals surface area contributed by atoms with Crippen LogP contribution >= 0.6 is 11.6 Å². The van der Waals surface area contributed by atoms with Gasteiger partial charge in [0.2, 0.25) is 11.8 Å². The number of benzene rings is 4. The summed E-state index contributed by atoms with van der Waals surface area (Å²) in [6, 6.07) is 25.7. The molecule has 0 bridgehead atoms. The van der Waals surface area contributed by atoms with Crippen LogP contribution in [0.15, 0.2) is 96.5 Å². The third-order valence-corrected chi connectivity index (χ3v) is 8.44. The Hall–Kier alpha value is -5.99. The van der Waals surface area contributed by atoms with Crippen LogP contribution in [0.2, 0.25) is 5.02 Å². The summed E-state index contributed by atoms with van der Waals surface area (Å²) >= 11 is 6.49. The number of nitrogen functional groups attached to an aromatic ring is 1. The normalized spacial score (nSPS) is 17.2. The lowest BCUT2D eigenvalue weighted by molar-refractivity contribution is -0.121. The predicted molar refractivity (Wildman–Crippen MR) is 164 cm³/mol. The molecule has 4 N–H and O–H groups in total. The van der Waals surface area contributed by atoms with Gasteiger partial charge in [0.25, 0.3) is 0 Å². The topological polar surface area (TPSA) is 162 Å². The predicted octanol–water partition coefficient (Wildman–Crippen LogP) is 4.52. The minimum absolute atomic E-state index is 0.0550. The van der Waals surface area contributed by atoms with E-state index in [1.54, 1.807) is 34.0 Å². The van der Waals surface area contributed by atoms with Gasteiger partial charge in [-0.05, 0) is 36.4 Å². The number of para-hydroxylation sites is 4. The summed E-state index contributed by atoms with van der Waals surface area (Å²) in [5, 5.41) is 19.4. The Morgan fingerprint density at radius 1 is 0.932 bits per heavy atom. The zero-order valence-corrected chi connectivity index (χ0v) is 23.5. The quantitative estimate of drug-likeness (QED) is 0.221. The number of anilines is 2. The molecule has 2 aromatic heterocycles. The van der Waals surface area contributed by atoms with Gasteiger partial charge in [0.15, 0.2) is 5.75 Å². The average Bonchev–Trinajstić information content (AvgIpc) is 3.58. The van der Waals surface area contributed by atoms with Crippen LogP contribution in [0, 0.1) is 11.3 Å². The van der Waals surface area contributed by atoms with Crippen molar-refractivity contribution >= 4 is 50.9 Å². The summed E-state index contributed by atoms with van der Waals surface area (Å²) in [5.74, 6) is -0.490. The highest BCUT2D eigenvalue weighted by Crippen LogP contribution is 2.58. The van der Waals surface area contributed by atoms with Crippen molar-refractivity contribution in [3.8, 4) is 17.5 Å². The van der Waals surface area contributed by atoms with Crippen LogP contribution in [0.25, 0.3) is 27.8 Å². The fourth-order valence-corrected chi connectivity index (χ4v) is 6.49. The molecule has 6 aromatic rings. The first-order valence-electron chi connectivity index (χ1n) is 13.6. The Bertz CT molecular complexity index is 2290. The number of amides is 1. The molecule has 11 nitrogen and oxygen atoms in total. The molecule has 4 heterocycles. The number of aromatic nitrogens is 5. The first kappa shape index (κ1) is 25.7. The summed E-state index contributed by atoms with van der Waals surface area (Å²) in [7, 11) is 0. The van der Waals surface area contributed by atoms with E-state index in [9.17, 15) is 5.26 Å². The summed E-state index contributed by atoms with van der Waals surface area (Å²) in [6.45, 7) is 0.0550. The summed E-state index contributed by atoms with van der Waals surface area (Å²) in [5.41, 5.74) is 16.1. The maximum absolute atomic E-state index is 15.1. The molecule has 12 heteroatoms. The molecule has 2 aliphatic rings. The van der Waals surface area contributed by atoms with Gasteiger partial charge in [0.1, 0.15) is 17.1 Å². The van der Waals surface area contributed by atoms with E-state index < -0.39 is 11.3 Å². The first-order chi connectivity index (χ1) is 21.4. The van der Waals surface area contributed by atoms with E-state index in [0.717, 1.165) is 0 Å². The van der Waals surface area contributed by atoms with Crippen molar-refractivity contribution in [1.29, 1.82) is 5.26 Å². The van der Waals surface area contributed by atoms with Crippen molar-refractivity contribution in [1.82, 2.24) is 25.0 Å². The van der Waals surface area contributed by atoms with E-state index in [4.69, 9.17) is 37.8 Å². The van der Waals surface area contributed by atoms with Crippen LogP contribution in [0.5, 0.6) is 5.75 Å². The highest BCUT2D eigenvalue weighted by molar-refractivity contribution is 6.32. The molecule has 212 valence electrons. The molecule has 1 atom stereocenters. The van der Waals surface area contributed by atoms with Gasteiger partial charge >= 0.3 is 0 Å². The van der Waals surface area contributed by atoms with E-state index in [1.807, 2.05) is 60.7 Å². The van der Waals surface area contributed by atoms with Gasteiger partial charge in [-0.25, -0.2) is 14.6 Å². The minimum atomic E-state index is -1.73. The number of carbonyl (C=O) groups excluding carboxylic acids is 1. The van der Waals surface area contributed by atoms with Crippen LogP contribution in [0.4, 0.5) is 11.4 Å². The fourth-order valence-electron chi connectivity index (χ4n) is 6.28. The Morgan fingerprint density at radius 3 is 2.41 bits per heavy atom. The first-order valence-corrected chi connectivity index (χ1v) is 13.9. The van der Waals surface area contributed by atoms with Crippen LogP contribution < -0.4 is 21.1 Å². The SMILES string of the molecule is N#CC1=C(N)Oc2c(N)cc3nc4ccccc4nc3c2C12C(=O)N(Cc1cnnn1-c1ccccc1Cl)c1ccccc12. The van der Waals surface area contributed by atoms with Crippen molar-refractivity contribution in [3.63, 3.8) is 0 Å². The molecule has 1 unspecified atom stereocenters. The molecule has 0 fully saturated rings. The van der Waals surface area contributed by atoms with Crippen LogP contribution in [0.1, 0.15) is 16.8 Å². The van der Waals surface area contributed by atoms with Crippen LogP contribution in [-0.2, 0) is 16.8 Å². The Labute approximate surface area is 254 Å². The van der Waals surface area contributed by atoms with Gasteiger partial charge in [-0.1, -0.05) is 59.3 Å². The van der Waals surface area contributed by atoms with E-state index in [2.05, 4.69) is 16.4 Å². The van der Waals surface area contributed by atoms with Gasteiger partial charge in [-0.2, -0.15) is 5.26 Å². The number of nitrogens with zero attached hydrogens (tertiary/aromatic N) is 7. The second kappa shape index (κ2) is 9.26. The molecule has 0 aliphatic carbocycles. The van der Waals surface area contributed by atoms with E-state index in [-0.39, 0.29) is 29.4 Å². The summed E-state index contributed by atoms with van der Waals surface area (Å²) < 4.78 is 7.59. The van der Waals surface area contributed by atoms with Crippen molar-refractivity contribution in [2.24, 2.45) is 5.73 Å². The number of nitriles is 1. The number of ether oxygens (including phenoxy) is 1. The zero-order chi connectivity index (χ0) is 30.2. The monoisotopic (exact) mass is 597 g/mol. The fraction of sp³-hybridized carbons (Fsp3) is 0.0625. The molecule has 1 spiro atoms. The summed E-state index contributed by atoms with van der Waals surface area (Å²) in [6.07, 6.45) is 1.57. The largest absolute Gasteiger partial charge is 0.438 e. The number of halogens is 1. The maximum atomic E-state index is 15.1. The Morgan fingerprint density at radius 2 is 1.64 bits per heavy atom. The van der Waals surface area contributed by atoms with Crippen molar-refractivity contribution in [3.05, 3.63) is 118 Å². The Kier molecular flexibility index (Phi) is 5.41. The lowest BCUT2D eigenvalue weighted by atomic mass is 9.68. The highest BCUT2D eigenvalue weighted by Gasteiger charge is 2.60. The van der Waals surface area contributed by atoms with Gasteiger partial charge in [-0.15, -0.1) is 5.10 Å². The molecule has 0 radical (unpaired) electrons. The zero-order valence-electron chi connectivity index (χ0n) is 22.8. The molecule has 8 rings (SSSR count). The molecule has 4 aromatic carbocycles. The number of rotatable bonds is 3. The van der Waals surface area contributed by atoms with Gasteiger partial charge in [0, 0.05) is 11.3 Å². The lowest BCUT2D eigenvalue weighted by Crippen LogP contribution is -2.46. The number of hydrogen-bond acceptors (Lipinski definition) is 9. The molecule has 1 amide bonds. The van der Waals surface area contributed by atoms with Gasteiger partial charge in [-0.3, -0.25) is 4.79 Å². The molecule has 0 saturated carbocycles. The van der Waals surface area contributed by atoms with E-state index >= 15 is 4.79 Å². The van der Waals surface area contributed by atoms with Crippen LogP contribution in [0.3, 0.4) is 0 Å². The van der Waals surface area contributed by atoms with Crippen molar-refractivity contribution in [2.75, 3.05) is 10.6 Å². The lowest BCUT2D eigenvalue weighted by Gasteiger charge is -2.35. The molecular weight excluding hydrogens is 578 g/mol. The third kappa shape index (κ3) is 3.34. The number of carbonyl (C=O) groups is 1. The number of nitrogens with two attached hydrogens (primary N) is 2. The van der Waals surface area contributed by atoms with E-state index in [1.165, 1.54) is 0 Å². The molecule has 2 aliphatic heterocycles. The second-order valence-electron chi connectivity index (χ2n) is 10.5. The maximum Gasteiger partial charge on any atom is 0.248 e. The van der Waals surface area contributed by atoms with Crippen molar-refractivity contribution in [2.45, 2.75) is 12.0 Å². The highest BCUT2D eigenvalue weighted by atomic mass is 35.5. The third-order valence-electron chi connectivity index (χ3n) is 8.12. The smallest absolute Gasteiger partial charge is 0.248 e. The second-order valence-corrected chi connectivity index (χ2v) is 10.9. The molecule has 0 saturated heterocycles. The minimum Gasteiger partial charge on any atom is -0.438 e. The van der Waals surface area contributed by atoms with Crippen molar-refractivity contribution < 1.29 is 9.53 Å². The molecule has 44 heavy (non-hydrogen) atoms. The standard InChI is InChI=1S/C32H20ClN9O2/c33-20-8-2-6-12-26(20)42-17(15-37-40-42)16-41-25-11-5-1-7-18(25)32(31(41)43)19(14-34)30(36)44-29-21(35)13-24-28(27(29)32)39-23-10-4-3-9-22(23)38-24/h1-13,15H,16,35-36H2. The Balaban J connectivity index is 1.41. The number of hydrogen-bond donors (Lipinski definition) is 2. The van der Waals surface area contributed by atoms with Crippen LogP contribution in [-0.4, -0.2) is 30.9 Å². The number of fused-ring (bicyclic) bond motifs is 7. The average molecular weight is 598 g/mol. The molecular formula is C32H20ClN9O2. The van der Waals surface area contributed by atoms with Gasteiger partial charge < -0.3 is 21.1 Å². The van der Waals surface area contributed by atoms with E-state index in [0.29, 0.717) is 55.3 Å².